The van der Waals surface area contributed by atoms with Crippen LogP contribution in [0.5, 0.6) is 0 Å². The van der Waals surface area contributed by atoms with Gasteiger partial charge in [-0.1, -0.05) is 42.1 Å². The van der Waals surface area contributed by atoms with E-state index in [1.54, 1.807) is 11.8 Å². The van der Waals surface area contributed by atoms with Crippen molar-refractivity contribution >= 4 is 24.2 Å². The lowest BCUT2D eigenvalue weighted by Gasteiger charge is -2.06. The second kappa shape index (κ2) is 6.76. The monoisotopic (exact) mass is 245 g/mol. The normalized spacial score (nSPS) is 9.24. The predicted octanol–water partition coefficient (Wildman–Crippen LogP) is 3.54. The molecule has 0 atom stereocenters. The van der Waals surface area contributed by atoms with Crippen molar-refractivity contribution in [3.8, 4) is 0 Å². The minimum absolute atomic E-state index is 0.839. The van der Waals surface area contributed by atoms with Crippen molar-refractivity contribution in [2.75, 3.05) is 5.73 Å². The molecule has 0 aliphatic heterocycles. The summed E-state index contributed by atoms with van der Waals surface area (Å²) in [5.74, 6) is 0. The highest BCUT2D eigenvalue weighted by molar-refractivity contribution is 7.99. The molecule has 0 spiro atoms. The first-order valence-corrected chi connectivity index (χ1v) is 5.96. The van der Waals surface area contributed by atoms with E-state index >= 15 is 0 Å². The van der Waals surface area contributed by atoms with Gasteiger partial charge < -0.3 is 10.5 Å². The molecule has 0 heterocycles. The van der Waals surface area contributed by atoms with Crippen LogP contribution in [0.25, 0.3) is 0 Å². The Morgan fingerprint density at radius 3 is 2.06 bits per heavy atom. The van der Waals surface area contributed by atoms with Gasteiger partial charge >= 0.3 is 0 Å². The SMILES string of the molecule is C=O.Cc1ccccc1Sc1ccccc1N. The average molecular weight is 245 g/mol. The predicted molar refractivity (Wildman–Crippen MR) is 73.3 cm³/mol. The van der Waals surface area contributed by atoms with E-state index in [-0.39, 0.29) is 0 Å². The lowest BCUT2D eigenvalue weighted by atomic mass is 10.2. The van der Waals surface area contributed by atoms with Gasteiger partial charge in [-0.25, -0.2) is 0 Å². The summed E-state index contributed by atoms with van der Waals surface area (Å²) in [6.45, 7) is 4.11. The van der Waals surface area contributed by atoms with Gasteiger partial charge in [0.25, 0.3) is 0 Å². The molecular weight excluding hydrogens is 230 g/mol. The zero-order valence-corrected chi connectivity index (χ0v) is 10.5. The van der Waals surface area contributed by atoms with E-state index in [9.17, 15) is 0 Å². The molecule has 0 radical (unpaired) electrons. The Kier molecular flexibility index (Phi) is 5.30. The number of para-hydroxylation sites is 1. The van der Waals surface area contributed by atoms with Crippen LogP contribution < -0.4 is 5.73 Å². The van der Waals surface area contributed by atoms with Gasteiger partial charge in [-0.2, -0.15) is 0 Å². The number of hydrogen-bond donors (Lipinski definition) is 1. The van der Waals surface area contributed by atoms with E-state index < -0.39 is 0 Å². The standard InChI is InChI=1S/C13H13NS.CH2O/c1-10-6-2-4-8-12(10)15-13-9-5-3-7-11(13)14;1-2/h2-9H,14H2,1H3;1H2. The number of benzene rings is 2. The van der Waals surface area contributed by atoms with Crippen molar-refractivity contribution in [2.45, 2.75) is 16.7 Å². The van der Waals surface area contributed by atoms with Crippen LogP contribution in [0.4, 0.5) is 5.69 Å². The van der Waals surface area contributed by atoms with Crippen LogP contribution in [0.3, 0.4) is 0 Å². The van der Waals surface area contributed by atoms with Crippen molar-refractivity contribution < 1.29 is 4.79 Å². The first-order chi connectivity index (χ1) is 8.27. The zero-order valence-electron chi connectivity index (χ0n) is 9.72. The fourth-order valence-electron chi connectivity index (χ4n) is 1.36. The number of rotatable bonds is 2. The second-order valence-corrected chi connectivity index (χ2v) is 4.49. The molecule has 0 saturated heterocycles. The number of carbonyl (C=O) groups excluding carboxylic acids is 1. The Bertz CT molecular complexity index is 442. The summed E-state index contributed by atoms with van der Waals surface area (Å²) in [6, 6.07) is 16.3. The summed E-state index contributed by atoms with van der Waals surface area (Å²) in [7, 11) is 0. The number of carbonyl (C=O) groups is 1. The number of aryl methyl sites for hydroxylation is 1. The summed E-state index contributed by atoms with van der Waals surface area (Å²) in [4.78, 5) is 10.4. The summed E-state index contributed by atoms with van der Waals surface area (Å²) in [5, 5.41) is 0. The number of nitrogens with two attached hydrogens (primary N) is 1. The van der Waals surface area contributed by atoms with Gasteiger partial charge in [-0.3, -0.25) is 0 Å². The molecule has 0 aromatic heterocycles. The summed E-state index contributed by atoms with van der Waals surface area (Å²) in [6.07, 6.45) is 0. The van der Waals surface area contributed by atoms with Gasteiger partial charge in [-0.15, -0.1) is 0 Å². The van der Waals surface area contributed by atoms with Gasteiger partial charge in [0.2, 0.25) is 0 Å². The van der Waals surface area contributed by atoms with Crippen LogP contribution in [0.15, 0.2) is 58.3 Å². The highest BCUT2D eigenvalue weighted by Crippen LogP contribution is 2.33. The smallest absolute Gasteiger partial charge is 0.106 e. The Labute approximate surface area is 106 Å². The molecule has 2 aromatic carbocycles. The molecule has 3 heteroatoms. The fraction of sp³-hybridized carbons (Fsp3) is 0.0714. The van der Waals surface area contributed by atoms with Crippen molar-refractivity contribution in [3.05, 3.63) is 54.1 Å². The summed E-state index contributed by atoms with van der Waals surface area (Å²) >= 11 is 1.72. The van der Waals surface area contributed by atoms with Crippen molar-refractivity contribution in [1.29, 1.82) is 0 Å². The summed E-state index contributed by atoms with van der Waals surface area (Å²) < 4.78 is 0. The summed E-state index contributed by atoms with van der Waals surface area (Å²) in [5.41, 5.74) is 8.02. The minimum Gasteiger partial charge on any atom is -0.398 e. The number of anilines is 1. The van der Waals surface area contributed by atoms with Crippen molar-refractivity contribution in [3.63, 3.8) is 0 Å². The quantitative estimate of drug-likeness (QED) is 0.823. The van der Waals surface area contributed by atoms with Gasteiger partial charge in [-0.05, 0) is 30.7 Å². The van der Waals surface area contributed by atoms with E-state index in [1.807, 2.05) is 37.1 Å². The maximum atomic E-state index is 8.00. The van der Waals surface area contributed by atoms with Crippen molar-refractivity contribution in [1.82, 2.24) is 0 Å². The molecule has 0 unspecified atom stereocenters. The van der Waals surface area contributed by atoms with Gasteiger partial charge in [0.15, 0.2) is 0 Å². The van der Waals surface area contributed by atoms with E-state index in [0.717, 1.165) is 10.6 Å². The highest BCUT2D eigenvalue weighted by atomic mass is 32.2. The fourth-order valence-corrected chi connectivity index (χ4v) is 2.31. The molecule has 0 fully saturated rings. The van der Waals surface area contributed by atoms with Gasteiger partial charge in [0, 0.05) is 15.5 Å². The van der Waals surface area contributed by atoms with Crippen LogP contribution in [0, 0.1) is 6.92 Å². The van der Waals surface area contributed by atoms with E-state index in [4.69, 9.17) is 10.5 Å². The Hall–Kier alpha value is -1.74. The Morgan fingerprint density at radius 1 is 0.941 bits per heavy atom. The van der Waals surface area contributed by atoms with Crippen LogP contribution >= 0.6 is 11.8 Å². The second-order valence-electron chi connectivity index (χ2n) is 3.41. The molecular formula is C14H15NOS. The lowest BCUT2D eigenvalue weighted by Crippen LogP contribution is -1.87. The first kappa shape index (κ1) is 13.3. The van der Waals surface area contributed by atoms with E-state index in [2.05, 4.69) is 25.1 Å². The van der Waals surface area contributed by atoms with E-state index in [1.165, 1.54) is 10.5 Å². The third-order valence-corrected chi connectivity index (χ3v) is 3.50. The van der Waals surface area contributed by atoms with Crippen molar-refractivity contribution in [2.24, 2.45) is 0 Å². The lowest BCUT2D eigenvalue weighted by molar-refractivity contribution is -0.0979. The molecule has 0 amide bonds. The van der Waals surface area contributed by atoms with Crippen LogP contribution in [0.1, 0.15) is 5.56 Å². The van der Waals surface area contributed by atoms with Crippen LogP contribution in [-0.2, 0) is 4.79 Å². The molecule has 88 valence electrons. The molecule has 2 nitrogen and oxygen atoms in total. The van der Waals surface area contributed by atoms with Crippen LogP contribution in [-0.4, -0.2) is 6.79 Å². The van der Waals surface area contributed by atoms with Crippen LogP contribution in [0.2, 0.25) is 0 Å². The first-order valence-electron chi connectivity index (χ1n) is 5.14. The largest absolute Gasteiger partial charge is 0.398 e. The Morgan fingerprint density at radius 2 is 1.47 bits per heavy atom. The molecule has 2 N–H and O–H groups in total. The number of hydrogen-bond acceptors (Lipinski definition) is 3. The third-order valence-electron chi connectivity index (χ3n) is 2.23. The topological polar surface area (TPSA) is 43.1 Å². The molecule has 0 saturated carbocycles. The molecule has 0 aliphatic rings. The maximum absolute atomic E-state index is 8.00. The Balaban J connectivity index is 0.000000686. The van der Waals surface area contributed by atoms with Gasteiger partial charge in [0.1, 0.15) is 6.79 Å². The highest BCUT2D eigenvalue weighted by Gasteiger charge is 2.02. The molecule has 0 bridgehead atoms. The molecule has 17 heavy (non-hydrogen) atoms. The average Bonchev–Trinajstić information content (AvgIpc) is 2.37. The van der Waals surface area contributed by atoms with E-state index in [0.29, 0.717) is 0 Å². The molecule has 0 aliphatic carbocycles. The zero-order chi connectivity index (χ0) is 12.7. The molecule has 2 rings (SSSR count). The minimum atomic E-state index is 0.839. The third kappa shape index (κ3) is 3.64. The molecule has 2 aromatic rings. The van der Waals surface area contributed by atoms with Gasteiger partial charge in [0.05, 0.1) is 0 Å². The number of nitrogen functional groups attached to an aromatic ring is 1. The maximum Gasteiger partial charge on any atom is 0.106 e.